The summed E-state index contributed by atoms with van der Waals surface area (Å²) in [6.07, 6.45) is 1.78. The number of aromatic nitrogens is 2. The van der Waals surface area contributed by atoms with Gasteiger partial charge in [-0.3, -0.25) is 4.79 Å². The zero-order valence-electron chi connectivity index (χ0n) is 14.8. The molecule has 1 aliphatic heterocycles. The molecular weight excluding hydrogens is 344 g/mol. The van der Waals surface area contributed by atoms with Gasteiger partial charge in [0.2, 0.25) is 6.39 Å². The summed E-state index contributed by atoms with van der Waals surface area (Å²) in [4.78, 5) is 23.8. The number of carbonyl (C=O) groups is 1. The molecule has 3 aromatic rings. The molecule has 7 nitrogen and oxygen atoms in total. The molecule has 0 saturated carbocycles. The molecule has 1 aromatic heterocycles. The van der Waals surface area contributed by atoms with E-state index in [-0.39, 0.29) is 11.9 Å². The van der Waals surface area contributed by atoms with E-state index in [1.165, 1.54) is 13.5 Å². The third kappa shape index (κ3) is 3.44. The monoisotopic (exact) mass is 362 g/mol. The number of nitrogens with zero attached hydrogens (tertiary/aromatic N) is 4. The number of amides is 1. The van der Waals surface area contributed by atoms with E-state index in [0.717, 1.165) is 16.8 Å². The second-order valence-electron chi connectivity index (χ2n) is 6.23. The molecule has 1 saturated heterocycles. The molecule has 0 unspecified atom stereocenters. The van der Waals surface area contributed by atoms with Gasteiger partial charge in [0.25, 0.3) is 5.91 Å². The van der Waals surface area contributed by atoms with Crippen molar-refractivity contribution in [2.45, 2.75) is 12.5 Å². The highest BCUT2D eigenvalue weighted by molar-refractivity contribution is 6.00. The lowest BCUT2D eigenvalue weighted by atomic mass is 10.0. The first-order valence-electron chi connectivity index (χ1n) is 8.58. The lowest BCUT2D eigenvalue weighted by Crippen LogP contribution is -2.31. The van der Waals surface area contributed by atoms with E-state index in [0.29, 0.717) is 24.4 Å². The molecule has 1 aliphatic rings. The summed E-state index contributed by atoms with van der Waals surface area (Å²) in [6, 6.07) is 17.3. The summed E-state index contributed by atoms with van der Waals surface area (Å²) in [5.41, 5.74) is 3.53. The van der Waals surface area contributed by atoms with Crippen LogP contribution in [0.3, 0.4) is 0 Å². The minimum atomic E-state index is -0.320. The second-order valence-corrected chi connectivity index (χ2v) is 6.23. The van der Waals surface area contributed by atoms with Gasteiger partial charge in [-0.05, 0) is 23.3 Å². The van der Waals surface area contributed by atoms with Crippen molar-refractivity contribution >= 4 is 11.6 Å². The van der Waals surface area contributed by atoms with Gasteiger partial charge in [-0.15, -0.1) is 0 Å². The Kier molecular flexibility index (Phi) is 4.65. The molecule has 1 atom stereocenters. The fourth-order valence-electron chi connectivity index (χ4n) is 3.27. The molecule has 2 aromatic carbocycles. The lowest BCUT2D eigenvalue weighted by molar-refractivity contribution is 0.0732. The number of hydrogen-bond donors (Lipinski definition) is 0. The molecule has 0 spiro atoms. The van der Waals surface area contributed by atoms with Crippen molar-refractivity contribution in [1.82, 2.24) is 15.0 Å². The van der Waals surface area contributed by atoms with Gasteiger partial charge in [-0.1, -0.05) is 52.8 Å². The molecule has 0 radical (unpaired) electrons. The number of oxime groups is 1. The molecule has 7 heteroatoms. The topological polar surface area (TPSA) is 80.8 Å². The smallest absolute Gasteiger partial charge is 0.254 e. The van der Waals surface area contributed by atoms with Crippen molar-refractivity contribution < 1.29 is 14.2 Å². The van der Waals surface area contributed by atoms with E-state index in [1.54, 1.807) is 4.90 Å². The Morgan fingerprint density at radius 1 is 1.15 bits per heavy atom. The summed E-state index contributed by atoms with van der Waals surface area (Å²) >= 11 is 0. The summed E-state index contributed by atoms with van der Waals surface area (Å²) in [6.45, 7) is 0.367. The van der Waals surface area contributed by atoms with Crippen LogP contribution >= 0.6 is 0 Å². The van der Waals surface area contributed by atoms with E-state index in [1.807, 2.05) is 54.6 Å². The normalized spacial score (nSPS) is 18.0. The lowest BCUT2D eigenvalue weighted by Gasteiger charge is -2.21. The van der Waals surface area contributed by atoms with Gasteiger partial charge in [0, 0.05) is 12.0 Å². The SMILES string of the molecule is CON=C1C[C@@H](c2ncon2)N(C(=O)c2ccc(-c3ccccc3)cc2)C1. The number of benzene rings is 2. The molecule has 4 rings (SSSR count). The quantitative estimate of drug-likeness (QED) is 0.665. The van der Waals surface area contributed by atoms with Gasteiger partial charge in [0.05, 0.1) is 12.3 Å². The van der Waals surface area contributed by atoms with E-state index < -0.39 is 0 Å². The summed E-state index contributed by atoms with van der Waals surface area (Å²) < 4.78 is 4.85. The highest BCUT2D eigenvalue weighted by atomic mass is 16.6. The highest BCUT2D eigenvalue weighted by Crippen LogP contribution is 2.30. The largest absolute Gasteiger partial charge is 0.399 e. The van der Waals surface area contributed by atoms with Crippen LogP contribution in [-0.2, 0) is 4.84 Å². The van der Waals surface area contributed by atoms with Crippen molar-refractivity contribution in [2.24, 2.45) is 5.16 Å². The zero-order valence-corrected chi connectivity index (χ0v) is 14.8. The van der Waals surface area contributed by atoms with Gasteiger partial charge in [-0.25, -0.2) is 0 Å². The molecule has 136 valence electrons. The minimum Gasteiger partial charge on any atom is -0.399 e. The summed E-state index contributed by atoms with van der Waals surface area (Å²) in [5.74, 6) is 0.358. The molecule has 1 amide bonds. The number of carbonyl (C=O) groups excluding carboxylic acids is 1. The predicted molar refractivity (Wildman–Crippen MR) is 99.0 cm³/mol. The molecule has 0 aliphatic carbocycles. The third-order valence-electron chi connectivity index (χ3n) is 4.55. The van der Waals surface area contributed by atoms with Crippen molar-refractivity contribution in [3.05, 3.63) is 72.4 Å². The van der Waals surface area contributed by atoms with Gasteiger partial charge in [0.1, 0.15) is 13.2 Å². The van der Waals surface area contributed by atoms with Crippen LogP contribution in [-0.4, -0.2) is 40.3 Å². The van der Waals surface area contributed by atoms with Gasteiger partial charge in [0.15, 0.2) is 5.82 Å². The van der Waals surface area contributed by atoms with Gasteiger partial charge >= 0.3 is 0 Å². The Morgan fingerprint density at radius 3 is 2.56 bits per heavy atom. The third-order valence-corrected chi connectivity index (χ3v) is 4.55. The molecule has 27 heavy (non-hydrogen) atoms. The van der Waals surface area contributed by atoms with Gasteiger partial charge < -0.3 is 14.3 Å². The zero-order chi connectivity index (χ0) is 18.6. The van der Waals surface area contributed by atoms with E-state index in [9.17, 15) is 4.79 Å². The number of likely N-dealkylation sites (tertiary alicyclic amines) is 1. The number of hydrogen-bond acceptors (Lipinski definition) is 6. The van der Waals surface area contributed by atoms with Crippen molar-refractivity contribution in [2.75, 3.05) is 13.7 Å². The molecule has 0 bridgehead atoms. The Morgan fingerprint density at radius 2 is 1.89 bits per heavy atom. The van der Waals surface area contributed by atoms with Crippen molar-refractivity contribution in [1.29, 1.82) is 0 Å². The summed E-state index contributed by atoms with van der Waals surface area (Å²) in [5, 5.41) is 7.90. The molecule has 2 heterocycles. The highest BCUT2D eigenvalue weighted by Gasteiger charge is 2.37. The summed E-state index contributed by atoms with van der Waals surface area (Å²) in [7, 11) is 1.49. The van der Waals surface area contributed by atoms with Gasteiger partial charge in [-0.2, -0.15) is 4.98 Å². The standard InChI is InChI=1S/C20H18N4O3/c1-26-22-17-11-18(19-21-13-27-23-19)24(12-17)20(25)16-9-7-15(8-10-16)14-5-3-2-4-6-14/h2-10,13,18H,11-12H2,1H3/t18-/m0/s1. The maximum absolute atomic E-state index is 13.1. The Bertz CT molecular complexity index is 937. The van der Waals surface area contributed by atoms with Crippen molar-refractivity contribution in [3.8, 4) is 11.1 Å². The number of rotatable bonds is 4. The minimum absolute atomic E-state index is 0.106. The van der Waals surface area contributed by atoms with Crippen LogP contribution in [0, 0.1) is 0 Å². The second kappa shape index (κ2) is 7.41. The van der Waals surface area contributed by atoms with Crippen LogP contribution in [0.2, 0.25) is 0 Å². The maximum Gasteiger partial charge on any atom is 0.254 e. The van der Waals surface area contributed by atoms with E-state index >= 15 is 0 Å². The van der Waals surface area contributed by atoms with Crippen LogP contribution < -0.4 is 0 Å². The first-order chi connectivity index (χ1) is 13.3. The predicted octanol–water partition coefficient (Wildman–Crippen LogP) is 3.33. The fourth-order valence-corrected chi connectivity index (χ4v) is 3.27. The maximum atomic E-state index is 13.1. The average Bonchev–Trinajstić information content (AvgIpc) is 3.38. The Balaban J connectivity index is 1.59. The molecule has 0 N–H and O–H groups in total. The van der Waals surface area contributed by atoms with Crippen LogP contribution in [0.15, 0.2) is 70.7 Å². The Hall–Kier alpha value is -3.48. The molecular formula is C20H18N4O3. The fraction of sp³-hybridized carbons (Fsp3) is 0.200. The van der Waals surface area contributed by atoms with E-state index in [2.05, 4.69) is 15.3 Å². The van der Waals surface area contributed by atoms with Crippen LogP contribution in [0.4, 0.5) is 0 Å². The Labute approximate surface area is 156 Å². The first kappa shape index (κ1) is 17.0. The van der Waals surface area contributed by atoms with E-state index in [4.69, 9.17) is 9.36 Å². The van der Waals surface area contributed by atoms with Crippen molar-refractivity contribution in [3.63, 3.8) is 0 Å². The van der Waals surface area contributed by atoms with Crippen LogP contribution in [0.25, 0.3) is 11.1 Å². The van der Waals surface area contributed by atoms with Crippen LogP contribution in [0.1, 0.15) is 28.6 Å². The first-order valence-corrected chi connectivity index (χ1v) is 8.58. The van der Waals surface area contributed by atoms with Crippen LogP contribution in [0.5, 0.6) is 0 Å². The molecule has 1 fully saturated rings. The average molecular weight is 362 g/mol.